The Hall–Kier alpha value is -1.77. The van der Waals surface area contributed by atoms with Crippen molar-refractivity contribution < 1.29 is 13.2 Å². The Morgan fingerprint density at radius 2 is 2.26 bits per heavy atom. The first-order valence-electron chi connectivity index (χ1n) is 7.18. The summed E-state index contributed by atoms with van der Waals surface area (Å²) in [7, 11) is -3.20. The van der Waals surface area contributed by atoms with Gasteiger partial charge in [0.25, 0.3) is 5.91 Å². The van der Waals surface area contributed by atoms with Gasteiger partial charge >= 0.3 is 0 Å². The van der Waals surface area contributed by atoms with E-state index in [1.165, 1.54) is 21.9 Å². The van der Waals surface area contributed by atoms with Crippen LogP contribution >= 0.6 is 11.3 Å². The van der Waals surface area contributed by atoms with Gasteiger partial charge in [0, 0.05) is 35.6 Å². The second-order valence-electron chi connectivity index (χ2n) is 5.53. The summed E-state index contributed by atoms with van der Waals surface area (Å²) in [4.78, 5) is 16.6. The summed E-state index contributed by atoms with van der Waals surface area (Å²) < 4.78 is 24.4. The minimum Gasteiger partial charge on any atom is -0.348 e. The third-order valence-corrected chi connectivity index (χ3v) is 5.66. The number of nitrogens with one attached hydrogen (secondary N) is 1. The molecule has 2 heterocycles. The molecular weight excluding hydrogens is 334 g/mol. The van der Waals surface area contributed by atoms with Gasteiger partial charge in [-0.1, -0.05) is 12.1 Å². The van der Waals surface area contributed by atoms with Crippen LogP contribution in [0.5, 0.6) is 0 Å². The zero-order valence-electron chi connectivity index (χ0n) is 12.6. The molecule has 1 N–H and O–H groups in total. The summed E-state index contributed by atoms with van der Waals surface area (Å²) in [5.41, 5.74) is 4.03. The van der Waals surface area contributed by atoms with Crippen LogP contribution in [0.4, 0.5) is 0 Å². The van der Waals surface area contributed by atoms with Crippen molar-refractivity contribution in [2.75, 3.05) is 19.3 Å². The van der Waals surface area contributed by atoms with Crippen LogP contribution in [0.2, 0.25) is 0 Å². The van der Waals surface area contributed by atoms with E-state index in [4.69, 9.17) is 0 Å². The Balaban J connectivity index is 1.69. The lowest BCUT2D eigenvalue weighted by molar-refractivity contribution is 0.0939. The van der Waals surface area contributed by atoms with E-state index in [-0.39, 0.29) is 11.9 Å². The van der Waals surface area contributed by atoms with Crippen LogP contribution in [0, 0.1) is 0 Å². The van der Waals surface area contributed by atoms with E-state index in [0.717, 1.165) is 11.3 Å². The molecule has 23 heavy (non-hydrogen) atoms. The second kappa shape index (κ2) is 6.38. The van der Waals surface area contributed by atoms with Crippen molar-refractivity contribution in [2.24, 2.45) is 0 Å². The molecule has 1 unspecified atom stereocenters. The van der Waals surface area contributed by atoms with Gasteiger partial charge in [-0.15, -0.1) is 11.3 Å². The van der Waals surface area contributed by atoms with E-state index in [9.17, 15) is 13.2 Å². The first kappa shape index (κ1) is 16.1. The number of carbonyl (C=O) groups excluding carboxylic acids is 1. The van der Waals surface area contributed by atoms with E-state index in [1.54, 1.807) is 17.6 Å². The van der Waals surface area contributed by atoms with E-state index < -0.39 is 10.0 Å². The van der Waals surface area contributed by atoms with E-state index in [0.29, 0.717) is 25.1 Å². The largest absolute Gasteiger partial charge is 0.348 e. The average Bonchev–Trinajstić information content (AvgIpc) is 3.18. The van der Waals surface area contributed by atoms with E-state index in [1.807, 2.05) is 17.5 Å². The number of amides is 1. The highest BCUT2D eigenvalue weighted by atomic mass is 32.2. The average molecular weight is 351 g/mol. The highest BCUT2D eigenvalue weighted by Crippen LogP contribution is 2.20. The van der Waals surface area contributed by atoms with Gasteiger partial charge in [-0.25, -0.2) is 17.7 Å². The van der Waals surface area contributed by atoms with Crippen molar-refractivity contribution in [3.63, 3.8) is 0 Å². The maximum atomic E-state index is 12.4. The molecule has 3 rings (SSSR count). The lowest BCUT2D eigenvalue weighted by Gasteiger charge is -2.14. The molecule has 2 aromatic rings. The molecule has 1 saturated heterocycles. The normalized spacial score (nSPS) is 18.9. The summed E-state index contributed by atoms with van der Waals surface area (Å²) in [5, 5.41) is 4.84. The van der Waals surface area contributed by atoms with Crippen LogP contribution in [0.25, 0.3) is 11.3 Å². The third-order valence-electron chi connectivity index (χ3n) is 3.81. The minimum atomic E-state index is -3.20. The third kappa shape index (κ3) is 3.77. The lowest BCUT2D eigenvalue weighted by Crippen LogP contribution is -2.38. The van der Waals surface area contributed by atoms with Crippen LogP contribution < -0.4 is 5.32 Å². The summed E-state index contributed by atoms with van der Waals surface area (Å²) in [6, 6.07) is 7.12. The van der Waals surface area contributed by atoms with Crippen LogP contribution in [-0.4, -0.2) is 49.0 Å². The van der Waals surface area contributed by atoms with Gasteiger partial charge < -0.3 is 5.32 Å². The number of sulfonamides is 1. The van der Waals surface area contributed by atoms with Gasteiger partial charge in [0.2, 0.25) is 10.0 Å². The lowest BCUT2D eigenvalue weighted by atomic mass is 10.1. The first-order valence-corrected chi connectivity index (χ1v) is 9.97. The molecule has 0 radical (unpaired) electrons. The molecule has 6 nitrogen and oxygen atoms in total. The van der Waals surface area contributed by atoms with Crippen molar-refractivity contribution in [3.05, 3.63) is 40.7 Å². The molecule has 8 heteroatoms. The van der Waals surface area contributed by atoms with Crippen LogP contribution in [0.3, 0.4) is 0 Å². The molecule has 1 aromatic heterocycles. The smallest absolute Gasteiger partial charge is 0.251 e. The SMILES string of the molecule is CS(=O)(=O)N1CCC(NC(=O)c2cccc(-c3cscn3)c2)C1. The Morgan fingerprint density at radius 3 is 2.91 bits per heavy atom. The fraction of sp³-hybridized carbons (Fsp3) is 0.333. The molecule has 1 fully saturated rings. The number of hydrogen-bond donors (Lipinski definition) is 1. The second-order valence-corrected chi connectivity index (χ2v) is 8.24. The van der Waals surface area contributed by atoms with Crippen molar-refractivity contribution >= 4 is 27.3 Å². The van der Waals surface area contributed by atoms with Gasteiger partial charge in [0.05, 0.1) is 17.5 Å². The van der Waals surface area contributed by atoms with Gasteiger partial charge in [-0.2, -0.15) is 0 Å². The predicted molar refractivity (Wildman–Crippen MR) is 89.8 cm³/mol. The number of rotatable bonds is 4. The Bertz CT molecular complexity index is 803. The minimum absolute atomic E-state index is 0.153. The molecule has 122 valence electrons. The summed E-state index contributed by atoms with van der Waals surface area (Å²) in [6.07, 6.45) is 1.82. The molecule has 0 saturated carbocycles. The van der Waals surface area contributed by atoms with Crippen LogP contribution in [0.1, 0.15) is 16.8 Å². The summed E-state index contributed by atoms with van der Waals surface area (Å²) >= 11 is 1.50. The topological polar surface area (TPSA) is 79.4 Å². The maximum Gasteiger partial charge on any atom is 0.251 e. The monoisotopic (exact) mass is 351 g/mol. The quantitative estimate of drug-likeness (QED) is 0.907. The molecule has 1 amide bonds. The molecule has 0 spiro atoms. The standard InChI is InChI=1S/C15H17N3O3S2/c1-23(20,21)18-6-5-13(8-18)17-15(19)12-4-2-3-11(7-12)14-9-22-10-16-14/h2-4,7,9-10,13H,5-6,8H2,1H3,(H,17,19). The van der Waals surface area contributed by atoms with Crippen LogP contribution in [-0.2, 0) is 10.0 Å². The Morgan fingerprint density at radius 1 is 1.43 bits per heavy atom. The van der Waals surface area contributed by atoms with Crippen molar-refractivity contribution in [1.29, 1.82) is 0 Å². The van der Waals surface area contributed by atoms with E-state index >= 15 is 0 Å². The number of aromatic nitrogens is 1. The highest BCUT2D eigenvalue weighted by molar-refractivity contribution is 7.88. The number of thiazole rings is 1. The predicted octanol–water partition coefficient (Wildman–Crippen LogP) is 1.57. The zero-order chi connectivity index (χ0) is 16.4. The van der Waals surface area contributed by atoms with Crippen molar-refractivity contribution in [3.8, 4) is 11.3 Å². The van der Waals surface area contributed by atoms with Gasteiger partial charge in [-0.3, -0.25) is 4.79 Å². The highest BCUT2D eigenvalue weighted by Gasteiger charge is 2.29. The molecular formula is C15H17N3O3S2. The Labute approximate surface area is 139 Å². The number of carbonyl (C=O) groups is 1. The molecule has 0 aliphatic carbocycles. The van der Waals surface area contributed by atoms with E-state index in [2.05, 4.69) is 10.3 Å². The van der Waals surface area contributed by atoms with Crippen molar-refractivity contribution in [1.82, 2.24) is 14.6 Å². The molecule has 1 aliphatic heterocycles. The van der Waals surface area contributed by atoms with Crippen LogP contribution in [0.15, 0.2) is 35.2 Å². The van der Waals surface area contributed by atoms with Gasteiger partial charge in [0.15, 0.2) is 0 Å². The first-order chi connectivity index (χ1) is 10.9. The number of hydrogen-bond acceptors (Lipinski definition) is 5. The zero-order valence-corrected chi connectivity index (χ0v) is 14.2. The molecule has 1 aliphatic rings. The van der Waals surface area contributed by atoms with Gasteiger partial charge in [-0.05, 0) is 18.6 Å². The number of benzene rings is 1. The fourth-order valence-electron chi connectivity index (χ4n) is 2.59. The summed E-state index contributed by atoms with van der Waals surface area (Å²) in [6.45, 7) is 0.777. The van der Waals surface area contributed by atoms with Crippen molar-refractivity contribution in [2.45, 2.75) is 12.5 Å². The van der Waals surface area contributed by atoms with Gasteiger partial charge in [0.1, 0.15) is 0 Å². The summed E-state index contributed by atoms with van der Waals surface area (Å²) in [5.74, 6) is -0.192. The fourth-order valence-corrected chi connectivity index (χ4v) is 4.04. The molecule has 0 bridgehead atoms. The Kier molecular flexibility index (Phi) is 4.47. The number of nitrogens with zero attached hydrogens (tertiary/aromatic N) is 2. The molecule has 1 aromatic carbocycles. The maximum absolute atomic E-state index is 12.4. The molecule has 1 atom stereocenters.